The first kappa shape index (κ1) is 13.3. The van der Waals surface area contributed by atoms with Crippen molar-refractivity contribution in [3.8, 4) is 5.75 Å². The normalized spacial score (nSPS) is 18.9. The molecule has 0 saturated heterocycles. The third-order valence-corrected chi connectivity index (χ3v) is 5.62. The molecule has 4 heteroatoms. The number of rotatable bonds is 3. The average molecular weight is 300 g/mol. The second-order valence-electron chi connectivity index (χ2n) is 5.81. The fourth-order valence-electron chi connectivity index (χ4n) is 3.45. The molecule has 0 amide bonds. The van der Waals surface area contributed by atoms with Gasteiger partial charge in [-0.3, -0.25) is 4.90 Å². The quantitative estimate of drug-likeness (QED) is 0.947. The first-order valence-electron chi connectivity index (χ1n) is 7.60. The van der Waals surface area contributed by atoms with Gasteiger partial charge in [-0.1, -0.05) is 12.1 Å². The minimum absolute atomic E-state index is 0.309. The van der Waals surface area contributed by atoms with Crippen LogP contribution < -0.4 is 10.5 Å². The maximum atomic E-state index is 6.11. The summed E-state index contributed by atoms with van der Waals surface area (Å²) in [4.78, 5) is 4.07. The zero-order chi connectivity index (χ0) is 14.2. The van der Waals surface area contributed by atoms with Gasteiger partial charge in [0.2, 0.25) is 0 Å². The van der Waals surface area contributed by atoms with Gasteiger partial charge in [0.15, 0.2) is 0 Å². The molecule has 0 aliphatic carbocycles. The van der Waals surface area contributed by atoms with Crippen molar-refractivity contribution in [1.82, 2.24) is 4.90 Å². The number of nitrogens with two attached hydrogens (primary N) is 1. The summed E-state index contributed by atoms with van der Waals surface area (Å²) in [6, 6.07) is 9.16. The maximum Gasteiger partial charge on any atom is 0.122 e. The van der Waals surface area contributed by atoms with Crippen LogP contribution in [0.4, 0.5) is 0 Å². The van der Waals surface area contributed by atoms with Crippen LogP contribution in [0.1, 0.15) is 27.6 Å². The molecule has 1 unspecified atom stereocenters. The molecule has 0 spiro atoms. The summed E-state index contributed by atoms with van der Waals surface area (Å²) >= 11 is 1.88. The Labute approximate surface area is 129 Å². The van der Waals surface area contributed by atoms with Crippen LogP contribution in [-0.4, -0.2) is 24.6 Å². The standard InChI is InChI=1S/C17H20N2OS/c18-10-15(12-1-2-16-13(9-12)4-7-20-16)19-6-3-17-14(11-19)5-8-21-17/h1-2,5,8-9,15H,3-4,6-7,10-11,18H2. The van der Waals surface area contributed by atoms with Crippen molar-refractivity contribution in [2.24, 2.45) is 5.73 Å². The second-order valence-corrected chi connectivity index (χ2v) is 6.81. The topological polar surface area (TPSA) is 38.5 Å². The van der Waals surface area contributed by atoms with Gasteiger partial charge >= 0.3 is 0 Å². The summed E-state index contributed by atoms with van der Waals surface area (Å²) in [5.74, 6) is 1.05. The molecule has 0 saturated carbocycles. The molecule has 3 nitrogen and oxygen atoms in total. The predicted octanol–water partition coefficient (Wildman–Crippen LogP) is 2.74. The summed E-state index contributed by atoms with van der Waals surface area (Å²) in [6.07, 6.45) is 2.17. The van der Waals surface area contributed by atoms with Crippen LogP contribution in [0.2, 0.25) is 0 Å². The fourth-order valence-corrected chi connectivity index (χ4v) is 4.34. The van der Waals surface area contributed by atoms with Gasteiger partial charge in [0.1, 0.15) is 5.75 Å². The zero-order valence-electron chi connectivity index (χ0n) is 12.0. The Morgan fingerprint density at radius 2 is 2.19 bits per heavy atom. The van der Waals surface area contributed by atoms with Crippen LogP contribution in [0.25, 0.3) is 0 Å². The van der Waals surface area contributed by atoms with Gasteiger partial charge < -0.3 is 10.5 Å². The Balaban J connectivity index is 1.60. The van der Waals surface area contributed by atoms with Crippen LogP contribution in [0.5, 0.6) is 5.75 Å². The van der Waals surface area contributed by atoms with Crippen molar-refractivity contribution in [3.05, 3.63) is 51.2 Å². The van der Waals surface area contributed by atoms with E-state index in [4.69, 9.17) is 10.5 Å². The second kappa shape index (κ2) is 5.44. The van der Waals surface area contributed by atoms with E-state index >= 15 is 0 Å². The van der Waals surface area contributed by atoms with E-state index in [1.807, 2.05) is 11.3 Å². The number of thiophene rings is 1. The molecule has 0 fully saturated rings. The van der Waals surface area contributed by atoms with Crippen LogP contribution in [0.15, 0.2) is 29.6 Å². The first-order chi connectivity index (χ1) is 10.3. The van der Waals surface area contributed by atoms with Gasteiger partial charge in [-0.15, -0.1) is 11.3 Å². The number of fused-ring (bicyclic) bond motifs is 2. The van der Waals surface area contributed by atoms with Crippen LogP contribution in [0, 0.1) is 0 Å². The van der Waals surface area contributed by atoms with E-state index in [9.17, 15) is 0 Å². The molecule has 3 heterocycles. The predicted molar refractivity (Wildman–Crippen MR) is 85.9 cm³/mol. The highest BCUT2D eigenvalue weighted by Gasteiger charge is 2.25. The average Bonchev–Trinajstić information content (AvgIpc) is 3.15. The van der Waals surface area contributed by atoms with Gasteiger partial charge in [-0.2, -0.15) is 0 Å². The molecule has 21 heavy (non-hydrogen) atoms. The third kappa shape index (κ3) is 2.37. The highest BCUT2D eigenvalue weighted by atomic mass is 32.1. The molecule has 0 bridgehead atoms. The highest BCUT2D eigenvalue weighted by Crippen LogP contribution is 2.33. The molecule has 2 aliphatic rings. The van der Waals surface area contributed by atoms with E-state index in [2.05, 4.69) is 34.5 Å². The first-order valence-corrected chi connectivity index (χ1v) is 8.48. The van der Waals surface area contributed by atoms with Gasteiger partial charge in [0, 0.05) is 37.0 Å². The summed E-state index contributed by atoms with van der Waals surface area (Å²) in [7, 11) is 0. The van der Waals surface area contributed by atoms with Crippen molar-refractivity contribution < 1.29 is 4.74 Å². The Kier molecular flexibility index (Phi) is 3.45. The molecule has 2 aliphatic heterocycles. The fraction of sp³-hybridized carbons (Fsp3) is 0.412. The van der Waals surface area contributed by atoms with E-state index in [0.29, 0.717) is 12.6 Å². The maximum absolute atomic E-state index is 6.11. The van der Waals surface area contributed by atoms with E-state index in [1.165, 1.54) is 16.7 Å². The molecule has 1 aromatic carbocycles. The molecule has 2 N–H and O–H groups in total. The van der Waals surface area contributed by atoms with Crippen LogP contribution in [0.3, 0.4) is 0 Å². The Morgan fingerprint density at radius 1 is 1.24 bits per heavy atom. The molecular formula is C17H20N2OS. The van der Waals surface area contributed by atoms with Gasteiger partial charge in [0.25, 0.3) is 0 Å². The number of hydrogen-bond acceptors (Lipinski definition) is 4. The lowest BCUT2D eigenvalue weighted by atomic mass is 9.99. The SMILES string of the molecule is NCC(c1ccc2c(c1)CCO2)N1CCc2sccc2C1. The summed E-state index contributed by atoms with van der Waals surface area (Å²) < 4.78 is 5.60. The van der Waals surface area contributed by atoms with Crippen molar-refractivity contribution >= 4 is 11.3 Å². The summed E-state index contributed by atoms with van der Waals surface area (Å²) in [5.41, 5.74) is 10.3. The molecular weight excluding hydrogens is 280 g/mol. The Morgan fingerprint density at radius 3 is 3.10 bits per heavy atom. The van der Waals surface area contributed by atoms with Crippen molar-refractivity contribution in [2.75, 3.05) is 19.7 Å². The molecule has 2 aromatic rings. The summed E-state index contributed by atoms with van der Waals surface area (Å²) in [6.45, 7) is 3.60. The Bertz CT molecular complexity index is 652. The highest BCUT2D eigenvalue weighted by molar-refractivity contribution is 7.10. The Hall–Kier alpha value is -1.36. The van der Waals surface area contributed by atoms with Crippen molar-refractivity contribution in [3.63, 3.8) is 0 Å². The van der Waals surface area contributed by atoms with Gasteiger partial charge in [0.05, 0.1) is 6.61 Å². The smallest absolute Gasteiger partial charge is 0.122 e. The van der Waals surface area contributed by atoms with Gasteiger partial charge in [-0.25, -0.2) is 0 Å². The number of benzene rings is 1. The van der Waals surface area contributed by atoms with Crippen molar-refractivity contribution in [2.45, 2.75) is 25.4 Å². The van der Waals surface area contributed by atoms with Crippen molar-refractivity contribution in [1.29, 1.82) is 0 Å². The lowest BCUT2D eigenvalue weighted by Crippen LogP contribution is -2.37. The lowest BCUT2D eigenvalue weighted by molar-refractivity contribution is 0.185. The minimum atomic E-state index is 0.309. The molecule has 1 aromatic heterocycles. The molecule has 4 rings (SSSR count). The lowest BCUT2D eigenvalue weighted by Gasteiger charge is -2.34. The monoisotopic (exact) mass is 300 g/mol. The van der Waals surface area contributed by atoms with E-state index in [0.717, 1.165) is 38.3 Å². The molecule has 110 valence electrons. The number of hydrogen-bond donors (Lipinski definition) is 1. The van der Waals surface area contributed by atoms with Crippen LogP contribution in [-0.2, 0) is 19.4 Å². The number of ether oxygens (including phenoxy) is 1. The molecule has 1 atom stereocenters. The summed E-state index contributed by atoms with van der Waals surface area (Å²) in [5, 5.41) is 2.21. The molecule has 0 radical (unpaired) electrons. The van der Waals surface area contributed by atoms with Gasteiger partial charge in [-0.05, 0) is 40.6 Å². The van der Waals surface area contributed by atoms with E-state index in [-0.39, 0.29) is 0 Å². The zero-order valence-corrected chi connectivity index (χ0v) is 12.9. The van der Waals surface area contributed by atoms with Crippen LogP contribution >= 0.6 is 11.3 Å². The largest absolute Gasteiger partial charge is 0.493 e. The van der Waals surface area contributed by atoms with E-state index in [1.54, 1.807) is 4.88 Å². The van der Waals surface area contributed by atoms with E-state index < -0.39 is 0 Å². The number of nitrogens with zero attached hydrogens (tertiary/aromatic N) is 1. The third-order valence-electron chi connectivity index (χ3n) is 4.60. The minimum Gasteiger partial charge on any atom is -0.493 e.